The Bertz CT molecular complexity index is 469. The Labute approximate surface area is 132 Å². The zero-order valence-corrected chi connectivity index (χ0v) is 14.1. The summed E-state index contributed by atoms with van der Waals surface area (Å²) in [6.45, 7) is 8.20. The first-order valence-corrected chi connectivity index (χ1v) is 8.24. The van der Waals surface area contributed by atoms with E-state index in [4.69, 9.17) is 9.47 Å². The molecule has 0 radical (unpaired) electrons. The number of hydrogen-bond acceptors (Lipinski definition) is 5. The highest BCUT2D eigenvalue weighted by molar-refractivity contribution is 5.90. The third kappa shape index (κ3) is 3.45. The largest absolute Gasteiger partial charge is 0.461 e. The number of hydrogen-bond donors (Lipinski definition) is 0. The van der Waals surface area contributed by atoms with Crippen molar-refractivity contribution in [2.45, 2.75) is 77.5 Å². The highest BCUT2D eigenvalue weighted by Gasteiger charge is 2.48. The van der Waals surface area contributed by atoms with Crippen LogP contribution in [0, 0.1) is 0 Å². The van der Waals surface area contributed by atoms with E-state index >= 15 is 0 Å². The summed E-state index contributed by atoms with van der Waals surface area (Å²) in [6.07, 6.45) is 5.60. The monoisotopic (exact) mass is 309 g/mol. The second-order valence-electron chi connectivity index (χ2n) is 6.74. The standard InChI is InChI=1S/C17H27NO4/c1-12(2)21-15(19)14-7-9-17(16(20)22-13(3)4)8-5-6-10-18(17)11-14/h11-13H,5-10H2,1-4H3/t17-/m1/s1. The highest BCUT2D eigenvalue weighted by atomic mass is 16.5. The van der Waals surface area contributed by atoms with E-state index in [1.165, 1.54) is 0 Å². The average molecular weight is 309 g/mol. The first kappa shape index (κ1) is 16.8. The van der Waals surface area contributed by atoms with Crippen molar-refractivity contribution >= 4 is 11.9 Å². The SMILES string of the molecule is CC(C)OC(=O)C1=CN2CCCC[C@]2(C(=O)OC(C)C)CC1. The number of carbonyl (C=O) groups excluding carboxylic acids is 2. The van der Waals surface area contributed by atoms with Crippen LogP contribution in [-0.2, 0) is 19.1 Å². The van der Waals surface area contributed by atoms with E-state index in [0.29, 0.717) is 18.4 Å². The molecule has 0 amide bonds. The molecule has 0 spiro atoms. The van der Waals surface area contributed by atoms with Crippen LogP contribution in [0.25, 0.3) is 0 Å². The Hall–Kier alpha value is -1.52. The predicted molar refractivity (Wildman–Crippen MR) is 83.1 cm³/mol. The number of fused-ring (bicyclic) bond motifs is 1. The summed E-state index contributed by atoms with van der Waals surface area (Å²) >= 11 is 0. The van der Waals surface area contributed by atoms with Crippen molar-refractivity contribution < 1.29 is 19.1 Å². The summed E-state index contributed by atoms with van der Waals surface area (Å²) in [5.74, 6) is -0.430. The number of rotatable bonds is 4. The van der Waals surface area contributed by atoms with Gasteiger partial charge < -0.3 is 14.4 Å². The number of nitrogens with zero attached hydrogens (tertiary/aromatic N) is 1. The molecule has 5 heteroatoms. The molecule has 0 aromatic carbocycles. The van der Waals surface area contributed by atoms with E-state index in [2.05, 4.69) is 0 Å². The van der Waals surface area contributed by atoms with Crippen LogP contribution in [0.4, 0.5) is 0 Å². The molecule has 0 saturated carbocycles. The number of esters is 2. The quantitative estimate of drug-likeness (QED) is 0.747. The van der Waals surface area contributed by atoms with Gasteiger partial charge in [0.15, 0.2) is 0 Å². The zero-order valence-electron chi connectivity index (χ0n) is 14.1. The van der Waals surface area contributed by atoms with E-state index in [1.807, 2.05) is 38.8 Å². The average Bonchev–Trinajstić information content (AvgIpc) is 2.45. The van der Waals surface area contributed by atoms with Crippen LogP contribution >= 0.6 is 0 Å². The van der Waals surface area contributed by atoms with E-state index in [0.717, 1.165) is 25.8 Å². The van der Waals surface area contributed by atoms with Gasteiger partial charge in [-0.3, -0.25) is 0 Å². The predicted octanol–water partition coefficient (Wildman–Crippen LogP) is 2.79. The number of ether oxygens (including phenoxy) is 2. The fourth-order valence-corrected chi connectivity index (χ4v) is 3.20. The van der Waals surface area contributed by atoms with Gasteiger partial charge in [-0.2, -0.15) is 0 Å². The van der Waals surface area contributed by atoms with Crippen molar-refractivity contribution in [3.63, 3.8) is 0 Å². The lowest BCUT2D eigenvalue weighted by Crippen LogP contribution is -2.57. The molecule has 2 heterocycles. The molecule has 2 aliphatic rings. The van der Waals surface area contributed by atoms with Crippen LogP contribution in [0.15, 0.2) is 11.8 Å². The maximum absolute atomic E-state index is 12.6. The maximum atomic E-state index is 12.6. The van der Waals surface area contributed by atoms with Gasteiger partial charge in [-0.15, -0.1) is 0 Å². The van der Waals surface area contributed by atoms with Crippen LogP contribution in [-0.4, -0.2) is 41.1 Å². The minimum Gasteiger partial charge on any atom is -0.461 e. The van der Waals surface area contributed by atoms with Crippen molar-refractivity contribution in [1.29, 1.82) is 0 Å². The lowest BCUT2D eigenvalue weighted by Gasteiger charge is -2.47. The van der Waals surface area contributed by atoms with Gasteiger partial charge >= 0.3 is 11.9 Å². The van der Waals surface area contributed by atoms with Crippen LogP contribution in [0.2, 0.25) is 0 Å². The van der Waals surface area contributed by atoms with Gasteiger partial charge in [0.2, 0.25) is 0 Å². The Balaban J connectivity index is 2.20. The van der Waals surface area contributed by atoms with Crippen molar-refractivity contribution in [3.8, 4) is 0 Å². The van der Waals surface area contributed by atoms with Crippen molar-refractivity contribution in [2.24, 2.45) is 0 Å². The summed E-state index contributed by atoms with van der Waals surface area (Å²) in [4.78, 5) is 26.7. The minimum absolute atomic E-state index is 0.123. The van der Waals surface area contributed by atoms with Gasteiger partial charge in [0, 0.05) is 12.7 Å². The van der Waals surface area contributed by atoms with Gasteiger partial charge in [0.1, 0.15) is 5.54 Å². The Kier molecular flexibility index (Phi) is 5.14. The third-order valence-electron chi connectivity index (χ3n) is 4.24. The lowest BCUT2D eigenvalue weighted by atomic mass is 9.79. The number of carbonyl (C=O) groups is 2. The molecule has 0 aromatic heterocycles. The van der Waals surface area contributed by atoms with Crippen molar-refractivity contribution in [2.75, 3.05) is 6.54 Å². The Morgan fingerprint density at radius 3 is 2.41 bits per heavy atom. The molecule has 0 N–H and O–H groups in total. The van der Waals surface area contributed by atoms with Gasteiger partial charge in [-0.05, 0) is 59.8 Å². The molecule has 2 rings (SSSR count). The maximum Gasteiger partial charge on any atom is 0.335 e. The van der Waals surface area contributed by atoms with Crippen LogP contribution in [0.5, 0.6) is 0 Å². The fraction of sp³-hybridized carbons (Fsp3) is 0.765. The van der Waals surface area contributed by atoms with Crippen molar-refractivity contribution in [3.05, 3.63) is 11.8 Å². The van der Waals surface area contributed by atoms with Crippen LogP contribution in [0.3, 0.4) is 0 Å². The third-order valence-corrected chi connectivity index (χ3v) is 4.24. The molecule has 1 fully saturated rings. The molecule has 0 unspecified atom stereocenters. The highest BCUT2D eigenvalue weighted by Crippen LogP contribution is 2.39. The topological polar surface area (TPSA) is 55.8 Å². The molecule has 0 aromatic rings. The zero-order chi connectivity index (χ0) is 16.3. The Morgan fingerprint density at radius 1 is 1.09 bits per heavy atom. The van der Waals surface area contributed by atoms with Crippen LogP contribution < -0.4 is 0 Å². The number of piperidine rings is 1. The van der Waals surface area contributed by atoms with Gasteiger partial charge in [0.25, 0.3) is 0 Å². The summed E-state index contributed by atoms with van der Waals surface area (Å²) in [5, 5.41) is 0. The van der Waals surface area contributed by atoms with Gasteiger partial charge in [-0.1, -0.05) is 0 Å². The smallest absolute Gasteiger partial charge is 0.335 e. The minimum atomic E-state index is -0.593. The van der Waals surface area contributed by atoms with E-state index in [9.17, 15) is 9.59 Å². The lowest BCUT2D eigenvalue weighted by molar-refractivity contribution is -0.164. The molecule has 1 atom stereocenters. The molecule has 1 saturated heterocycles. The summed E-state index contributed by atoms with van der Waals surface area (Å²) in [7, 11) is 0. The molecule has 5 nitrogen and oxygen atoms in total. The summed E-state index contributed by atoms with van der Waals surface area (Å²) < 4.78 is 10.8. The summed E-state index contributed by atoms with van der Waals surface area (Å²) in [5.41, 5.74) is 0.0630. The van der Waals surface area contributed by atoms with E-state index in [1.54, 1.807) is 0 Å². The summed E-state index contributed by atoms with van der Waals surface area (Å²) in [6, 6.07) is 0. The van der Waals surface area contributed by atoms with Crippen LogP contribution in [0.1, 0.15) is 59.8 Å². The van der Waals surface area contributed by atoms with E-state index < -0.39 is 5.54 Å². The van der Waals surface area contributed by atoms with Crippen molar-refractivity contribution in [1.82, 2.24) is 4.90 Å². The van der Waals surface area contributed by atoms with E-state index in [-0.39, 0.29) is 24.1 Å². The fourth-order valence-electron chi connectivity index (χ4n) is 3.20. The molecule has 22 heavy (non-hydrogen) atoms. The first-order chi connectivity index (χ1) is 10.3. The second-order valence-corrected chi connectivity index (χ2v) is 6.74. The molecule has 124 valence electrons. The molecular weight excluding hydrogens is 282 g/mol. The molecular formula is C17H27NO4. The molecule has 0 aliphatic carbocycles. The van der Waals surface area contributed by atoms with Gasteiger partial charge in [-0.25, -0.2) is 9.59 Å². The molecule has 0 bridgehead atoms. The van der Waals surface area contributed by atoms with Gasteiger partial charge in [0.05, 0.1) is 17.8 Å². The normalized spacial score (nSPS) is 24.8. The first-order valence-electron chi connectivity index (χ1n) is 8.24. The molecule has 2 aliphatic heterocycles. The second kappa shape index (κ2) is 6.71. The Morgan fingerprint density at radius 2 is 1.77 bits per heavy atom.